The van der Waals surface area contributed by atoms with E-state index in [1.165, 1.54) is 17.8 Å². The van der Waals surface area contributed by atoms with Crippen molar-refractivity contribution in [2.75, 3.05) is 19.8 Å². The molecule has 2 fully saturated rings. The summed E-state index contributed by atoms with van der Waals surface area (Å²) in [5.41, 5.74) is 2.52. The van der Waals surface area contributed by atoms with Gasteiger partial charge in [-0.2, -0.15) is 0 Å². The largest absolute Gasteiger partial charge is 0.493 e. The molecule has 3 aliphatic rings. The Morgan fingerprint density at radius 1 is 1.19 bits per heavy atom. The summed E-state index contributed by atoms with van der Waals surface area (Å²) in [6, 6.07) is 6.67. The summed E-state index contributed by atoms with van der Waals surface area (Å²) in [4.78, 5) is 12.5. The molecule has 5 atom stereocenters. The first-order chi connectivity index (χ1) is 15.1. The lowest BCUT2D eigenvalue weighted by Gasteiger charge is -2.13. The van der Waals surface area contributed by atoms with E-state index < -0.39 is 6.10 Å². The molecular formula is C21H19ClFN3O4S. The van der Waals surface area contributed by atoms with Gasteiger partial charge in [0.15, 0.2) is 10.8 Å². The highest BCUT2D eigenvalue weighted by molar-refractivity contribution is 7.99. The second kappa shape index (κ2) is 7.60. The minimum atomic E-state index is -0.580. The van der Waals surface area contributed by atoms with E-state index in [1.807, 2.05) is 0 Å². The van der Waals surface area contributed by atoms with E-state index in [1.54, 1.807) is 18.2 Å². The van der Waals surface area contributed by atoms with Gasteiger partial charge in [0.1, 0.15) is 29.9 Å². The van der Waals surface area contributed by atoms with E-state index in [2.05, 4.69) is 15.0 Å². The summed E-state index contributed by atoms with van der Waals surface area (Å²) < 4.78 is 31.3. The monoisotopic (exact) mass is 463 g/mol. The fourth-order valence-electron chi connectivity index (χ4n) is 4.53. The minimum absolute atomic E-state index is 0.0350. The molecule has 2 N–H and O–H groups in total. The van der Waals surface area contributed by atoms with E-state index in [0.717, 1.165) is 5.52 Å². The number of ether oxygens (including phenoxy) is 3. The summed E-state index contributed by atoms with van der Waals surface area (Å²) in [5, 5.41) is 11.1. The van der Waals surface area contributed by atoms with Crippen molar-refractivity contribution >= 4 is 34.5 Å². The maximum Gasteiger partial charge on any atom is 0.178 e. The van der Waals surface area contributed by atoms with Gasteiger partial charge in [-0.3, -0.25) is 0 Å². The zero-order valence-electron chi connectivity index (χ0n) is 16.3. The number of fused-ring (bicyclic) bond motifs is 3. The molecule has 0 spiro atoms. The number of hydrogen-bond acceptors (Lipinski definition) is 7. The third-order valence-electron chi connectivity index (χ3n) is 6.02. The number of hydrogen-bond donors (Lipinski definition) is 2. The van der Waals surface area contributed by atoms with Crippen LogP contribution in [-0.4, -0.2) is 63.4 Å². The number of thioether (sulfide) groups is 1. The smallest absolute Gasteiger partial charge is 0.178 e. The maximum absolute atomic E-state index is 14.3. The Morgan fingerprint density at radius 2 is 2.06 bits per heavy atom. The average Bonchev–Trinajstić information content (AvgIpc) is 3.50. The lowest BCUT2D eigenvalue weighted by Crippen LogP contribution is -2.29. The van der Waals surface area contributed by atoms with Gasteiger partial charge in [0.25, 0.3) is 0 Å². The topological polar surface area (TPSA) is 89.5 Å². The van der Waals surface area contributed by atoms with Gasteiger partial charge in [0, 0.05) is 17.9 Å². The van der Waals surface area contributed by atoms with E-state index in [-0.39, 0.29) is 29.2 Å². The van der Waals surface area contributed by atoms with Gasteiger partial charge in [-0.15, -0.1) is 0 Å². The van der Waals surface area contributed by atoms with Gasteiger partial charge < -0.3 is 24.3 Å². The molecule has 7 nitrogen and oxygen atoms in total. The Hall–Kier alpha value is -1.91. The number of aromatic nitrogens is 3. The molecule has 1 aromatic carbocycles. The molecular weight excluding hydrogens is 445 g/mol. The highest BCUT2D eigenvalue weighted by atomic mass is 35.5. The Bertz CT molecular complexity index is 1160. The normalized spacial score (nSPS) is 29.3. The second-order valence-corrected chi connectivity index (χ2v) is 9.65. The molecule has 162 valence electrons. The quantitative estimate of drug-likeness (QED) is 0.614. The summed E-state index contributed by atoms with van der Waals surface area (Å²) in [5.74, 6) is 0.161. The summed E-state index contributed by atoms with van der Waals surface area (Å²) in [7, 11) is 0. The van der Waals surface area contributed by atoms with Crippen LogP contribution in [0, 0.1) is 5.82 Å². The lowest BCUT2D eigenvalue weighted by atomic mass is 9.95. The first-order valence-electron chi connectivity index (χ1n) is 10.1. The van der Waals surface area contributed by atoms with Crippen LogP contribution < -0.4 is 4.74 Å². The average molecular weight is 464 g/mol. The summed E-state index contributed by atoms with van der Waals surface area (Å²) in [6.45, 7) is 1.17. The van der Waals surface area contributed by atoms with Crippen molar-refractivity contribution in [2.45, 2.75) is 41.1 Å². The molecule has 2 aromatic heterocycles. The van der Waals surface area contributed by atoms with Gasteiger partial charge in [-0.25, -0.2) is 14.4 Å². The van der Waals surface area contributed by atoms with Crippen LogP contribution in [0.4, 0.5) is 4.39 Å². The van der Waals surface area contributed by atoms with E-state index >= 15 is 0 Å². The van der Waals surface area contributed by atoms with Crippen LogP contribution in [0.15, 0.2) is 29.4 Å². The number of nitrogens with one attached hydrogen (secondary N) is 1. The Balaban J connectivity index is 1.24. The second-order valence-electron chi connectivity index (χ2n) is 8.01. The molecule has 10 heteroatoms. The molecule has 2 saturated heterocycles. The number of aliphatic hydroxyl groups is 1. The van der Waals surface area contributed by atoms with Crippen molar-refractivity contribution in [3.63, 3.8) is 0 Å². The number of rotatable bonds is 4. The number of aliphatic hydroxyl groups excluding tert-OH is 1. The number of pyridine rings is 1. The van der Waals surface area contributed by atoms with Gasteiger partial charge in [-0.05, 0) is 18.2 Å². The van der Waals surface area contributed by atoms with Crippen LogP contribution in [-0.2, 0) is 15.9 Å². The van der Waals surface area contributed by atoms with Crippen LogP contribution in [0.1, 0.15) is 17.2 Å². The summed E-state index contributed by atoms with van der Waals surface area (Å²) in [6.07, 6.45) is -0.552. The van der Waals surface area contributed by atoms with E-state index in [0.29, 0.717) is 59.1 Å². The van der Waals surface area contributed by atoms with Gasteiger partial charge in [-0.1, -0.05) is 29.4 Å². The number of halogens is 2. The predicted molar refractivity (Wildman–Crippen MR) is 112 cm³/mol. The van der Waals surface area contributed by atoms with Crippen molar-refractivity contribution in [1.82, 2.24) is 15.0 Å². The standard InChI is InChI=1S/C21H19ClFN3O4S/c22-10-5-13-20(24-12(10)4-9-6-28-15-3-1-2-11(23)17(9)15)26-21(25-13)31-16-8-30-18-14(27)7-29-19(16)18/h1-3,5,9,14,16,18-19,27H,4,6-8H2,(H,24,25,26)/t9?,14-,16-,18-,19-/m1/s1. The molecule has 6 rings (SSSR count). The lowest BCUT2D eigenvalue weighted by molar-refractivity contribution is 0.0188. The number of H-pyrrole nitrogens is 1. The molecule has 1 unspecified atom stereocenters. The minimum Gasteiger partial charge on any atom is -0.493 e. The van der Waals surface area contributed by atoms with Crippen molar-refractivity contribution in [3.05, 3.63) is 46.4 Å². The number of benzene rings is 1. The van der Waals surface area contributed by atoms with Crippen LogP contribution >= 0.6 is 23.4 Å². The zero-order valence-corrected chi connectivity index (χ0v) is 17.8. The molecule has 0 bridgehead atoms. The fourth-order valence-corrected chi connectivity index (χ4v) is 5.86. The van der Waals surface area contributed by atoms with Crippen LogP contribution in [0.3, 0.4) is 0 Å². The number of imidazole rings is 1. The molecule has 3 aliphatic heterocycles. The molecule has 5 heterocycles. The Morgan fingerprint density at radius 3 is 2.97 bits per heavy atom. The van der Waals surface area contributed by atoms with E-state index in [4.69, 9.17) is 25.8 Å². The summed E-state index contributed by atoms with van der Waals surface area (Å²) >= 11 is 8.01. The Kier molecular flexibility index (Phi) is 4.84. The number of aromatic amines is 1. The van der Waals surface area contributed by atoms with Gasteiger partial charge >= 0.3 is 0 Å². The molecule has 0 amide bonds. The Labute approximate surface area is 186 Å². The number of nitrogens with zero attached hydrogens (tertiary/aromatic N) is 2. The highest BCUT2D eigenvalue weighted by Gasteiger charge is 2.47. The molecule has 31 heavy (non-hydrogen) atoms. The van der Waals surface area contributed by atoms with Crippen molar-refractivity contribution in [1.29, 1.82) is 0 Å². The van der Waals surface area contributed by atoms with E-state index in [9.17, 15) is 9.50 Å². The van der Waals surface area contributed by atoms with Crippen molar-refractivity contribution in [2.24, 2.45) is 0 Å². The molecule has 0 radical (unpaired) electrons. The molecule has 3 aromatic rings. The van der Waals surface area contributed by atoms with Crippen molar-refractivity contribution < 1.29 is 23.7 Å². The van der Waals surface area contributed by atoms with Gasteiger partial charge in [0.2, 0.25) is 0 Å². The van der Waals surface area contributed by atoms with Crippen LogP contribution in [0.2, 0.25) is 5.02 Å². The van der Waals surface area contributed by atoms with Crippen LogP contribution in [0.5, 0.6) is 5.75 Å². The first kappa shape index (κ1) is 19.8. The third kappa shape index (κ3) is 3.39. The molecule has 0 saturated carbocycles. The zero-order chi connectivity index (χ0) is 21.1. The van der Waals surface area contributed by atoms with Gasteiger partial charge in [0.05, 0.1) is 41.3 Å². The predicted octanol–water partition coefficient (Wildman–Crippen LogP) is 3.09. The first-order valence-corrected chi connectivity index (χ1v) is 11.4. The maximum atomic E-state index is 14.3. The SMILES string of the molecule is O[C@@H]1CO[C@H]2[C@@H]1OC[C@H]2Sc1nc2nc(CC3COc4cccc(F)c43)c(Cl)cc2[nH]1. The molecule has 0 aliphatic carbocycles. The van der Waals surface area contributed by atoms with Crippen molar-refractivity contribution in [3.8, 4) is 5.75 Å². The fraction of sp³-hybridized carbons (Fsp3) is 0.429. The highest BCUT2D eigenvalue weighted by Crippen LogP contribution is 2.39. The van der Waals surface area contributed by atoms with Crippen LogP contribution in [0.25, 0.3) is 11.2 Å². The third-order valence-corrected chi connectivity index (χ3v) is 7.47.